The first kappa shape index (κ1) is 13.1. The van der Waals surface area contributed by atoms with E-state index in [0.717, 1.165) is 0 Å². The highest BCUT2D eigenvalue weighted by atomic mass is 19.1. The molecule has 2 rings (SSSR count). The monoisotopic (exact) mass is 247 g/mol. The molecule has 94 valence electrons. The Balaban J connectivity index is 2.38. The van der Waals surface area contributed by atoms with Crippen molar-refractivity contribution in [1.29, 1.82) is 5.26 Å². The molecule has 0 aliphatic carbocycles. The molecule has 1 aliphatic heterocycles. The minimum absolute atomic E-state index is 0.271. The Bertz CT molecular complexity index is 506. The van der Waals surface area contributed by atoms with E-state index < -0.39 is 24.1 Å². The molecular formula is C13H15BFNO2. The standard InChI is InChI=1S/C13H15BFNO2/c1-12(2)13(3,4)18-14(17-12)10-7-9(8-16)5-6-11(10)15/h5-7H,1-4H3. The van der Waals surface area contributed by atoms with Crippen LogP contribution < -0.4 is 5.46 Å². The first-order chi connectivity index (χ1) is 8.27. The molecule has 0 aromatic heterocycles. The maximum atomic E-state index is 13.8. The predicted octanol–water partition coefficient (Wildman–Crippen LogP) is 2.00. The molecule has 0 bridgehead atoms. The molecule has 0 unspecified atom stereocenters. The quantitative estimate of drug-likeness (QED) is 0.712. The molecule has 1 saturated heterocycles. The Morgan fingerprint density at radius 3 is 2.22 bits per heavy atom. The predicted molar refractivity (Wildman–Crippen MR) is 66.8 cm³/mol. The van der Waals surface area contributed by atoms with E-state index in [1.165, 1.54) is 18.2 Å². The first-order valence-electron chi connectivity index (χ1n) is 5.82. The topological polar surface area (TPSA) is 42.2 Å². The van der Waals surface area contributed by atoms with Crippen LogP contribution in [0.3, 0.4) is 0 Å². The average molecular weight is 247 g/mol. The average Bonchev–Trinajstić information content (AvgIpc) is 2.48. The molecule has 0 amide bonds. The highest BCUT2D eigenvalue weighted by Gasteiger charge is 2.52. The summed E-state index contributed by atoms with van der Waals surface area (Å²) in [7, 11) is -0.775. The van der Waals surface area contributed by atoms with E-state index in [-0.39, 0.29) is 5.46 Å². The zero-order valence-corrected chi connectivity index (χ0v) is 11.0. The minimum atomic E-state index is -0.775. The molecule has 0 radical (unpaired) electrons. The molecular weight excluding hydrogens is 232 g/mol. The smallest absolute Gasteiger partial charge is 0.399 e. The van der Waals surface area contributed by atoms with Crippen molar-refractivity contribution in [3.05, 3.63) is 29.6 Å². The van der Waals surface area contributed by atoms with Crippen LogP contribution in [0.4, 0.5) is 4.39 Å². The number of hydrogen-bond donors (Lipinski definition) is 0. The van der Waals surface area contributed by atoms with Gasteiger partial charge in [-0.15, -0.1) is 0 Å². The van der Waals surface area contributed by atoms with Gasteiger partial charge < -0.3 is 9.31 Å². The van der Waals surface area contributed by atoms with Gasteiger partial charge in [0.15, 0.2) is 0 Å². The van der Waals surface area contributed by atoms with Gasteiger partial charge in [-0.2, -0.15) is 5.26 Å². The van der Waals surface area contributed by atoms with Crippen molar-refractivity contribution >= 4 is 12.6 Å². The van der Waals surface area contributed by atoms with Crippen molar-refractivity contribution in [1.82, 2.24) is 0 Å². The molecule has 0 saturated carbocycles. The van der Waals surface area contributed by atoms with E-state index in [1.54, 1.807) is 0 Å². The van der Waals surface area contributed by atoms with Crippen molar-refractivity contribution in [2.24, 2.45) is 0 Å². The third-order valence-electron chi connectivity index (χ3n) is 3.63. The zero-order valence-electron chi connectivity index (χ0n) is 11.0. The Morgan fingerprint density at radius 1 is 1.17 bits per heavy atom. The molecule has 18 heavy (non-hydrogen) atoms. The molecule has 1 aliphatic rings. The van der Waals surface area contributed by atoms with E-state index in [9.17, 15) is 4.39 Å². The summed E-state index contributed by atoms with van der Waals surface area (Å²) in [6.45, 7) is 7.61. The van der Waals surface area contributed by atoms with E-state index in [4.69, 9.17) is 14.6 Å². The van der Waals surface area contributed by atoms with Gasteiger partial charge in [-0.25, -0.2) is 4.39 Å². The lowest BCUT2D eigenvalue weighted by atomic mass is 9.78. The van der Waals surface area contributed by atoms with Crippen LogP contribution in [0.15, 0.2) is 18.2 Å². The SMILES string of the molecule is CC1(C)OB(c2cc(C#N)ccc2F)OC1(C)C. The molecule has 0 spiro atoms. The second-order valence-corrected chi connectivity index (χ2v) is 5.44. The summed E-state index contributed by atoms with van der Waals surface area (Å²) in [5, 5.41) is 8.85. The summed E-state index contributed by atoms with van der Waals surface area (Å²) < 4.78 is 25.3. The lowest BCUT2D eigenvalue weighted by molar-refractivity contribution is 0.00578. The van der Waals surface area contributed by atoms with Crippen LogP contribution in [0.5, 0.6) is 0 Å². The molecule has 1 fully saturated rings. The van der Waals surface area contributed by atoms with Gasteiger partial charge in [0.25, 0.3) is 0 Å². The number of nitriles is 1. The second-order valence-electron chi connectivity index (χ2n) is 5.44. The van der Waals surface area contributed by atoms with E-state index in [2.05, 4.69) is 0 Å². The molecule has 5 heteroatoms. The van der Waals surface area contributed by atoms with Gasteiger partial charge in [0.05, 0.1) is 22.8 Å². The Morgan fingerprint density at radius 2 is 1.72 bits per heavy atom. The Kier molecular flexibility index (Phi) is 2.96. The Labute approximate surface area is 107 Å². The fourth-order valence-electron chi connectivity index (χ4n) is 1.76. The van der Waals surface area contributed by atoms with Crippen molar-refractivity contribution in [2.45, 2.75) is 38.9 Å². The van der Waals surface area contributed by atoms with E-state index >= 15 is 0 Å². The number of halogens is 1. The normalized spacial score (nSPS) is 20.8. The summed E-state index contributed by atoms with van der Waals surface area (Å²) in [6.07, 6.45) is 0. The van der Waals surface area contributed by atoms with Crippen LogP contribution >= 0.6 is 0 Å². The van der Waals surface area contributed by atoms with Crippen molar-refractivity contribution < 1.29 is 13.7 Å². The van der Waals surface area contributed by atoms with Gasteiger partial charge in [0, 0.05) is 5.46 Å². The number of benzene rings is 1. The van der Waals surface area contributed by atoms with Crippen molar-refractivity contribution in [2.75, 3.05) is 0 Å². The van der Waals surface area contributed by atoms with Gasteiger partial charge in [0.2, 0.25) is 0 Å². The highest BCUT2D eigenvalue weighted by Crippen LogP contribution is 2.36. The van der Waals surface area contributed by atoms with Crippen LogP contribution in [0.25, 0.3) is 0 Å². The third kappa shape index (κ3) is 2.02. The number of nitrogens with zero attached hydrogens (tertiary/aromatic N) is 1. The summed E-state index contributed by atoms with van der Waals surface area (Å²) >= 11 is 0. The van der Waals surface area contributed by atoms with Gasteiger partial charge in [-0.05, 0) is 45.9 Å². The lowest BCUT2D eigenvalue weighted by Gasteiger charge is -2.32. The minimum Gasteiger partial charge on any atom is -0.399 e. The highest BCUT2D eigenvalue weighted by molar-refractivity contribution is 6.62. The second kappa shape index (κ2) is 4.08. The molecule has 1 heterocycles. The van der Waals surface area contributed by atoms with Crippen LogP contribution in [0, 0.1) is 17.1 Å². The summed E-state index contributed by atoms with van der Waals surface area (Å²) in [5.74, 6) is -0.424. The zero-order chi connectivity index (χ0) is 13.6. The summed E-state index contributed by atoms with van der Waals surface area (Å²) in [6, 6.07) is 6.15. The van der Waals surface area contributed by atoms with E-state index in [0.29, 0.717) is 5.56 Å². The fraction of sp³-hybridized carbons (Fsp3) is 0.462. The van der Waals surface area contributed by atoms with Crippen LogP contribution in [0.2, 0.25) is 0 Å². The van der Waals surface area contributed by atoms with Gasteiger partial charge >= 0.3 is 7.12 Å². The van der Waals surface area contributed by atoms with Gasteiger partial charge in [-0.3, -0.25) is 0 Å². The van der Waals surface area contributed by atoms with Crippen molar-refractivity contribution in [3.8, 4) is 6.07 Å². The third-order valence-corrected chi connectivity index (χ3v) is 3.63. The maximum absolute atomic E-state index is 13.8. The van der Waals surface area contributed by atoms with Crippen LogP contribution in [-0.2, 0) is 9.31 Å². The molecule has 3 nitrogen and oxygen atoms in total. The van der Waals surface area contributed by atoms with Crippen LogP contribution in [-0.4, -0.2) is 18.3 Å². The van der Waals surface area contributed by atoms with Gasteiger partial charge in [-0.1, -0.05) is 0 Å². The first-order valence-corrected chi connectivity index (χ1v) is 5.82. The largest absolute Gasteiger partial charge is 0.497 e. The molecule has 0 N–H and O–H groups in total. The number of rotatable bonds is 1. The lowest BCUT2D eigenvalue weighted by Crippen LogP contribution is -2.41. The van der Waals surface area contributed by atoms with Crippen LogP contribution in [0.1, 0.15) is 33.3 Å². The maximum Gasteiger partial charge on any atom is 0.497 e. The van der Waals surface area contributed by atoms with E-state index in [1.807, 2.05) is 33.8 Å². The summed E-state index contributed by atoms with van der Waals surface area (Å²) in [5.41, 5.74) is -0.381. The van der Waals surface area contributed by atoms with Crippen molar-refractivity contribution in [3.63, 3.8) is 0 Å². The number of hydrogen-bond acceptors (Lipinski definition) is 3. The molecule has 1 aromatic rings. The Hall–Kier alpha value is -1.38. The fourth-order valence-corrected chi connectivity index (χ4v) is 1.76. The summed E-state index contributed by atoms with van der Waals surface area (Å²) in [4.78, 5) is 0. The molecule has 1 aromatic carbocycles. The van der Waals surface area contributed by atoms with Gasteiger partial charge in [0.1, 0.15) is 5.82 Å². The molecule has 0 atom stereocenters.